The van der Waals surface area contributed by atoms with Crippen LogP contribution < -0.4 is 0 Å². The van der Waals surface area contributed by atoms with E-state index in [9.17, 15) is 4.79 Å². The standard InChI is InChI=1S/C12H24O5Si/c1-5-12(13)16-10-8-7-9-11-18(14-3,15-4)17-6-2/h5H,1,6-11H2,2-4H3. The van der Waals surface area contributed by atoms with E-state index in [0.717, 1.165) is 25.3 Å². The lowest BCUT2D eigenvalue weighted by atomic mass is 10.3. The number of hydrogen-bond acceptors (Lipinski definition) is 5. The Hall–Kier alpha value is -0.693. The molecule has 0 aromatic heterocycles. The predicted octanol–water partition coefficient (Wildman–Crippen LogP) is 2.15. The SMILES string of the molecule is C=CC(=O)OCCCCC[Si](OC)(OC)OCC. The van der Waals surface area contributed by atoms with Gasteiger partial charge in [-0.25, -0.2) is 4.79 Å². The van der Waals surface area contributed by atoms with E-state index >= 15 is 0 Å². The second-order valence-corrected chi connectivity index (χ2v) is 6.68. The highest BCUT2D eigenvalue weighted by atomic mass is 28.4. The number of carbonyl (C=O) groups is 1. The molecule has 0 saturated carbocycles. The molecule has 18 heavy (non-hydrogen) atoms. The van der Waals surface area contributed by atoms with E-state index in [0.29, 0.717) is 13.2 Å². The molecule has 0 aromatic carbocycles. The van der Waals surface area contributed by atoms with Gasteiger partial charge in [0.05, 0.1) is 6.61 Å². The van der Waals surface area contributed by atoms with E-state index in [2.05, 4.69) is 6.58 Å². The van der Waals surface area contributed by atoms with Gasteiger partial charge in [-0.1, -0.05) is 13.0 Å². The normalized spacial score (nSPS) is 11.3. The summed E-state index contributed by atoms with van der Waals surface area (Å²) in [6.07, 6.45) is 3.87. The molecule has 0 amide bonds. The highest BCUT2D eigenvalue weighted by Crippen LogP contribution is 2.17. The van der Waals surface area contributed by atoms with Gasteiger partial charge >= 0.3 is 14.8 Å². The lowest BCUT2D eigenvalue weighted by Gasteiger charge is -2.25. The molecule has 0 N–H and O–H groups in total. The van der Waals surface area contributed by atoms with Crippen LogP contribution in [0.4, 0.5) is 0 Å². The minimum atomic E-state index is -2.46. The number of unbranched alkanes of at least 4 members (excludes halogenated alkanes) is 2. The summed E-state index contributed by atoms with van der Waals surface area (Å²) in [5, 5.41) is 0. The summed E-state index contributed by atoms with van der Waals surface area (Å²) in [5.74, 6) is -0.373. The Morgan fingerprint density at radius 2 is 1.89 bits per heavy atom. The first-order chi connectivity index (χ1) is 8.64. The average Bonchev–Trinajstić information content (AvgIpc) is 2.41. The third-order valence-electron chi connectivity index (χ3n) is 2.52. The highest BCUT2D eigenvalue weighted by Gasteiger charge is 2.37. The van der Waals surface area contributed by atoms with Crippen LogP contribution in [-0.2, 0) is 22.8 Å². The maximum absolute atomic E-state index is 10.8. The lowest BCUT2D eigenvalue weighted by molar-refractivity contribution is -0.137. The molecule has 0 spiro atoms. The summed E-state index contributed by atoms with van der Waals surface area (Å²) >= 11 is 0. The molecule has 0 saturated heterocycles. The van der Waals surface area contributed by atoms with Crippen LogP contribution in [0.25, 0.3) is 0 Å². The maximum Gasteiger partial charge on any atom is 0.500 e. The molecule has 0 aliphatic heterocycles. The Kier molecular flexibility index (Phi) is 9.86. The van der Waals surface area contributed by atoms with Crippen LogP contribution in [0.15, 0.2) is 12.7 Å². The van der Waals surface area contributed by atoms with Gasteiger partial charge in [0.25, 0.3) is 0 Å². The molecular formula is C12H24O5Si. The molecule has 0 unspecified atom stereocenters. The molecule has 5 nitrogen and oxygen atoms in total. The Labute approximate surface area is 110 Å². The van der Waals surface area contributed by atoms with Crippen molar-refractivity contribution in [3.05, 3.63) is 12.7 Å². The van der Waals surface area contributed by atoms with Crippen LogP contribution in [0.3, 0.4) is 0 Å². The molecule has 0 radical (unpaired) electrons. The molecule has 0 rings (SSSR count). The number of rotatable bonds is 11. The van der Waals surface area contributed by atoms with E-state index in [-0.39, 0.29) is 5.97 Å². The molecule has 0 aliphatic rings. The van der Waals surface area contributed by atoms with Crippen molar-refractivity contribution in [1.29, 1.82) is 0 Å². The van der Waals surface area contributed by atoms with Crippen LogP contribution in [0.2, 0.25) is 6.04 Å². The zero-order chi connectivity index (χ0) is 13.9. The second kappa shape index (κ2) is 10.2. The smallest absolute Gasteiger partial charge is 0.463 e. The first kappa shape index (κ1) is 17.3. The lowest BCUT2D eigenvalue weighted by Crippen LogP contribution is -2.43. The van der Waals surface area contributed by atoms with Crippen molar-refractivity contribution in [2.24, 2.45) is 0 Å². The molecule has 0 heterocycles. The molecule has 6 heteroatoms. The van der Waals surface area contributed by atoms with Crippen LogP contribution in [0, 0.1) is 0 Å². The van der Waals surface area contributed by atoms with Gasteiger partial charge in [-0.05, 0) is 19.8 Å². The van der Waals surface area contributed by atoms with Crippen molar-refractivity contribution in [2.45, 2.75) is 32.2 Å². The van der Waals surface area contributed by atoms with Crippen molar-refractivity contribution in [2.75, 3.05) is 27.4 Å². The summed E-state index contributed by atoms with van der Waals surface area (Å²) in [6, 6.07) is 0.781. The van der Waals surface area contributed by atoms with Gasteiger partial charge in [0, 0.05) is 32.9 Å². The van der Waals surface area contributed by atoms with Crippen molar-refractivity contribution in [3.63, 3.8) is 0 Å². The van der Waals surface area contributed by atoms with E-state index in [4.69, 9.17) is 18.0 Å². The Morgan fingerprint density at radius 1 is 1.22 bits per heavy atom. The molecule has 106 valence electrons. The van der Waals surface area contributed by atoms with Crippen LogP contribution in [0.1, 0.15) is 26.2 Å². The first-order valence-corrected chi connectivity index (χ1v) is 8.10. The van der Waals surface area contributed by atoms with Crippen molar-refractivity contribution >= 4 is 14.8 Å². The van der Waals surface area contributed by atoms with Gasteiger partial charge in [-0.2, -0.15) is 0 Å². The number of carbonyl (C=O) groups excluding carboxylic acids is 1. The fourth-order valence-electron chi connectivity index (χ4n) is 1.55. The van der Waals surface area contributed by atoms with Crippen LogP contribution >= 0.6 is 0 Å². The predicted molar refractivity (Wildman–Crippen MR) is 71.2 cm³/mol. The zero-order valence-electron chi connectivity index (χ0n) is 11.6. The van der Waals surface area contributed by atoms with Crippen LogP contribution in [0.5, 0.6) is 0 Å². The molecule has 0 atom stereocenters. The third kappa shape index (κ3) is 6.90. The van der Waals surface area contributed by atoms with Gasteiger partial charge in [0.1, 0.15) is 0 Å². The number of hydrogen-bond donors (Lipinski definition) is 0. The van der Waals surface area contributed by atoms with Crippen molar-refractivity contribution in [3.8, 4) is 0 Å². The topological polar surface area (TPSA) is 54.0 Å². The summed E-state index contributed by atoms with van der Waals surface area (Å²) in [6.45, 7) is 6.27. The second-order valence-electron chi connectivity index (χ2n) is 3.71. The van der Waals surface area contributed by atoms with Gasteiger partial charge in [-0.3, -0.25) is 0 Å². The van der Waals surface area contributed by atoms with Gasteiger partial charge in [0.2, 0.25) is 0 Å². The van der Waals surface area contributed by atoms with Gasteiger partial charge in [-0.15, -0.1) is 0 Å². The third-order valence-corrected chi connectivity index (χ3v) is 5.46. The van der Waals surface area contributed by atoms with Gasteiger partial charge < -0.3 is 18.0 Å². The molecule has 0 fully saturated rings. The summed E-state index contributed by atoms with van der Waals surface area (Å²) in [7, 11) is 0.788. The summed E-state index contributed by atoms with van der Waals surface area (Å²) < 4.78 is 21.2. The quantitative estimate of drug-likeness (QED) is 0.250. The highest BCUT2D eigenvalue weighted by molar-refractivity contribution is 6.60. The molecule has 0 aliphatic carbocycles. The molecular weight excluding hydrogens is 252 g/mol. The van der Waals surface area contributed by atoms with Crippen molar-refractivity contribution < 1.29 is 22.8 Å². The zero-order valence-corrected chi connectivity index (χ0v) is 12.6. The monoisotopic (exact) mass is 276 g/mol. The fourth-order valence-corrected chi connectivity index (χ4v) is 3.63. The molecule has 0 aromatic rings. The number of esters is 1. The number of ether oxygens (including phenoxy) is 1. The van der Waals surface area contributed by atoms with Gasteiger partial charge in [0.15, 0.2) is 0 Å². The average molecular weight is 276 g/mol. The minimum Gasteiger partial charge on any atom is -0.463 e. The fraction of sp³-hybridized carbons (Fsp3) is 0.750. The van der Waals surface area contributed by atoms with E-state index < -0.39 is 8.80 Å². The van der Waals surface area contributed by atoms with Crippen LogP contribution in [-0.4, -0.2) is 42.2 Å². The van der Waals surface area contributed by atoms with E-state index in [1.165, 1.54) is 6.08 Å². The maximum atomic E-state index is 10.8. The van der Waals surface area contributed by atoms with E-state index in [1.54, 1.807) is 14.2 Å². The molecule has 0 bridgehead atoms. The Bertz CT molecular complexity index is 241. The summed E-state index contributed by atoms with van der Waals surface area (Å²) in [4.78, 5) is 10.8. The van der Waals surface area contributed by atoms with Crippen molar-refractivity contribution in [1.82, 2.24) is 0 Å². The Morgan fingerprint density at radius 3 is 2.39 bits per heavy atom. The minimum absolute atomic E-state index is 0.373. The summed E-state index contributed by atoms with van der Waals surface area (Å²) in [5.41, 5.74) is 0. The Balaban J connectivity index is 3.73. The largest absolute Gasteiger partial charge is 0.500 e. The first-order valence-electron chi connectivity index (χ1n) is 6.17. The van der Waals surface area contributed by atoms with E-state index in [1.807, 2.05) is 6.92 Å².